The van der Waals surface area contributed by atoms with Crippen LogP contribution in [0, 0.1) is 16.7 Å². The molecule has 0 radical (unpaired) electrons. The average Bonchev–Trinajstić information content (AvgIpc) is 2.77. The summed E-state index contributed by atoms with van der Waals surface area (Å²) in [5.74, 6) is 0.458. The maximum absolute atomic E-state index is 8.82. The fraction of sp³-hybridized carbons (Fsp3) is 0.640. The van der Waals surface area contributed by atoms with E-state index in [0.717, 1.165) is 18.8 Å². The van der Waals surface area contributed by atoms with Crippen molar-refractivity contribution in [3.63, 3.8) is 0 Å². The molecule has 0 amide bonds. The summed E-state index contributed by atoms with van der Waals surface area (Å²) in [6, 6.07) is 9.13. The minimum atomic E-state index is -0.358. The Labute approximate surface area is 188 Å². The summed E-state index contributed by atoms with van der Waals surface area (Å²) < 4.78 is 5.78. The van der Waals surface area contributed by atoms with E-state index < -0.39 is 0 Å². The molecule has 6 heteroatoms. The molecule has 0 aliphatic rings. The molecule has 0 atom stereocenters. The fourth-order valence-electron chi connectivity index (χ4n) is 3.38. The normalized spacial score (nSPS) is 11.2. The van der Waals surface area contributed by atoms with Gasteiger partial charge in [-0.1, -0.05) is 90.4 Å². The van der Waals surface area contributed by atoms with Crippen LogP contribution in [0.15, 0.2) is 29.4 Å². The summed E-state index contributed by atoms with van der Waals surface area (Å²) in [5.41, 5.74) is 8.53. The summed E-state index contributed by atoms with van der Waals surface area (Å²) in [5, 5.41) is 19.8. The molecule has 1 aromatic rings. The van der Waals surface area contributed by atoms with Gasteiger partial charge in [0.15, 0.2) is 5.84 Å². The SMILES string of the molecule is CCCCCCCCCCCCCCCCOc1ccc(N/N=C(\C#N)C(=N)N)cc1. The lowest BCUT2D eigenvalue weighted by Gasteiger charge is -2.07. The second kappa shape index (κ2) is 18.2. The van der Waals surface area contributed by atoms with E-state index in [1.807, 2.05) is 24.3 Å². The Bertz CT molecular complexity index is 663. The van der Waals surface area contributed by atoms with Crippen molar-refractivity contribution in [2.75, 3.05) is 12.0 Å². The molecule has 0 aromatic heterocycles. The number of nitriles is 1. The number of nitrogens with one attached hydrogen (secondary N) is 2. The maximum atomic E-state index is 8.82. The summed E-state index contributed by atoms with van der Waals surface area (Å²) in [6.07, 6.45) is 18.9. The molecule has 0 aliphatic carbocycles. The molecular weight excluding hydrogens is 386 g/mol. The van der Waals surface area contributed by atoms with Gasteiger partial charge in [-0.05, 0) is 30.7 Å². The Kier molecular flexibility index (Phi) is 15.6. The maximum Gasteiger partial charge on any atom is 0.201 e. The first-order valence-electron chi connectivity index (χ1n) is 12.0. The number of hydrazone groups is 1. The molecule has 31 heavy (non-hydrogen) atoms. The lowest BCUT2D eigenvalue weighted by Crippen LogP contribution is -2.21. The third kappa shape index (κ3) is 14.1. The van der Waals surface area contributed by atoms with E-state index in [-0.39, 0.29) is 11.5 Å². The minimum absolute atomic E-state index is 0.141. The topological polar surface area (TPSA) is 107 Å². The molecule has 0 spiro atoms. The minimum Gasteiger partial charge on any atom is -0.494 e. The van der Waals surface area contributed by atoms with Crippen molar-refractivity contribution in [1.29, 1.82) is 10.7 Å². The highest BCUT2D eigenvalue weighted by Gasteiger charge is 2.01. The zero-order valence-electron chi connectivity index (χ0n) is 19.3. The van der Waals surface area contributed by atoms with Gasteiger partial charge in [0.1, 0.15) is 11.8 Å². The van der Waals surface area contributed by atoms with Gasteiger partial charge in [-0.2, -0.15) is 10.4 Å². The number of anilines is 1. The summed E-state index contributed by atoms with van der Waals surface area (Å²) in [7, 11) is 0. The number of rotatable bonds is 19. The number of ether oxygens (including phenoxy) is 1. The predicted octanol–water partition coefficient (Wildman–Crippen LogP) is 6.77. The highest BCUT2D eigenvalue weighted by atomic mass is 16.5. The molecule has 0 aliphatic heterocycles. The largest absolute Gasteiger partial charge is 0.494 e. The summed E-state index contributed by atoms with van der Waals surface area (Å²) in [4.78, 5) is 0. The molecule has 1 aromatic carbocycles. The van der Waals surface area contributed by atoms with Crippen molar-refractivity contribution in [3.8, 4) is 11.8 Å². The Hall–Kier alpha value is -2.55. The van der Waals surface area contributed by atoms with E-state index in [2.05, 4.69) is 17.5 Å². The van der Waals surface area contributed by atoms with Crippen molar-refractivity contribution in [2.45, 2.75) is 96.8 Å². The lowest BCUT2D eigenvalue weighted by molar-refractivity contribution is 0.304. The van der Waals surface area contributed by atoms with Crippen LogP contribution >= 0.6 is 0 Å². The highest BCUT2D eigenvalue weighted by molar-refractivity contribution is 6.45. The van der Waals surface area contributed by atoms with Gasteiger partial charge in [0, 0.05) is 0 Å². The molecule has 0 bridgehead atoms. The molecule has 172 valence electrons. The standard InChI is InChI=1S/C25H41N5O/c1-2-3-4-5-6-7-8-9-10-11-12-13-14-15-20-31-23-18-16-22(17-19-23)29-30-24(21-26)25(27)28/h16-19,29H,2-15,20H2,1H3,(H3,27,28)/b30-24+. The third-order valence-corrected chi connectivity index (χ3v) is 5.28. The molecule has 1 rings (SSSR count). The number of hydrogen-bond donors (Lipinski definition) is 3. The smallest absolute Gasteiger partial charge is 0.201 e. The van der Waals surface area contributed by atoms with Crippen LogP contribution in [0.3, 0.4) is 0 Å². The van der Waals surface area contributed by atoms with Crippen LogP contribution in [0.25, 0.3) is 0 Å². The molecule has 0 saturated heterocycles. The van der Waals surface area contributed by atoms with E-state index >= 15 is 0 Å². The number of amidine groups is 1. The second-order valence-corrected chi connectivity index (χ2v) is 8.07. The average molecular weight is 428 g/mol. The van der Waals surface area contributed by atoms with E-state index in [1.54, 1.807) is 6.07 Å². The quantitative estimate of drug-likeness (QED) is 0.0979. The van der Waals surface area contributed by atoms with Gasteiger partial charge in [-0.25, -0.2) is 0 Å². The van der Waals surface area contributed by atoms with Crippen LogP contribution in [-0.2, 0) is 0 Å². The van der Waals surface area contributed by atoms with E-state index in [9.17, 15) is 0 Å². The number of unbranched alkanes of at least 4 members (excludes halogenated alkanes) is 13. The van der Waals surface area contributed by atoms with Crippen molar-refractivity contribution in [1.82, 2.24) is 0 Å². The van der Waals surface area contributed by atoms with Crippen molar-refractivity contribution in [3.05, 3.63) is 24.3 Å². The summed E-state index contributed by atoms with van der Waals surface area (Å²) >= 11 is 0. The van der Waals surface area contributed by atoms with Crippen LogP contribution in [0.5, 0.6) is 5.75 Å². The lowest BCUT2D eigenvalue weighted by atomic mass is 10.0. The fourth-order valence-corrected chi connectivity index (χ4v) is 3.38. The first kappa shape index (κ1) is 26.5. The Morgan fingerprint density at radius 2 is 1.39 bits per heavy atom. The van der Waals surface area contributed by atoms with Crippen molar-refractivity contribution >= 4 is 17.2 Å². The molecule has 6 nitrogen and oxygen atoms in total. The van der Waals surface area contributed by atoms with E-state index in [4.69, 9.17) is 21.1 Å². The summed E-state index contributed by atoms with van der Waals surface area (Å²) in [6.45, 7) is 3.00. The Balaban J connectivity index is 1.98. The van der Waals surface area contributed by atoms with Crippen LogP contribution in [0.2, 0.25) is 0 Å². The van der Waals surface area contributed by atoms with Crippen LogP contribution < -0.4 is 15.9 Å². The van der Waals surface area contributed by atoms with Gasteiger partial charge in [-0.3, -0.25) is 10.8 Å². The highest BCUT2D eigenvalue weighted by Crippen LogP contribution is 2.17. The Morgan fingerprint density at radius 3 is 1.84 bits per heavy atom. The number of nitrogens with two attached hydrogens (primary N) is 1. The van der Waals surface area contributed by atoms with Crippen molar-refractivity contribution < 1.29 is 4.74 Å². The van der Waals surface area contributed by atoms with Gasteiger partial charge in [-0.15, -0.1) is 0 Å². The number of hydrogen-bond acceptors (Lipinski definition) is 5. The molecule has 0 unspecified atom stereocenters. The number of benzene rings is 1. The van der Waals surface area contributed by atoms with Gasteiger partial charge >= 0.3 is 0 Å². The Morgan fingerprint density at radius 1 is 0.903 bits per heavy atom. The van der Waals surface area contributed by atoms with Gasteiger partial charge < -0.3 is 10.5 Å². The van der Waals surface area contributed by atoms with E-state index in [0.29, 0.717) is 5.69 Å². The molecule has 4 N–H and O–H groups in total. The van der Waals surface area contributed by atoms with Crippen molar-refractivity contribution in [2.24, 2.45) is 10.8 Å². The third-order valence-electron chi connectivity index (χ3n) is 5.28. The van der Waals surface area contributed by atoms with E-state index in [1.165, 1.54) is 83.5 Å². The second-order valence-electron chi connectivity index (χ2n) is 8.07. The van der Waals surface area contributed by atoms with Crippen LogP contribution in [0.1, 0.15) is 96.8 Å². The monoisotopic (exact) mass is 427 g/mol. The molecule has 0 saturated carbocycles. The predicted molar refractivity (Wildman–Crippen MR) is 131 cm³/mol. The van der Waals surface area contributed by atoms with Gasteiger partial charge in [0.25, 0.3) is 0 Å². The molecular formula is C25H41N5O. The number of nitrogens with zero attached hydrogens (tertiary/aromatic N) is 2. The van der Waals surface area contributed by atoms with Crippen LogP contribution in [-0.4, -0.2) is 18.2 Å². The zero-order chi connectivity index (χ0) is 22.6. The van der Waals surface area contributed by atoms with Crippen LogP contribution in [0.4, 0.5) is 5.69 Å². The first-order valence-corrected chi connectivity index (χ1v) is 12.0. The first-order chi connectivity index (χ1) is 15.2. The molecule has 0 heterocycles. The molecule has 0 fully saturated rings. The zero-order valence-corrected chi connectivity index (χ0v) is 19.3. The van der Waals surface area contributed by atoms with Gasteiger partial charge in [0.05, 0.1) is 12.3 Å². The van der Waals surface area contributed by atoms with Gasteiger partial charge in [0.2, 0.25) is 5.71 Å².